The Morgan fingerprint density at radius 3 is 2.72 bits per heavy atom. The van der Waals surface area contributed by atoms with E-state index in [0.717, 1.165) is 51.9 Å². The Morgan fingerprint density at radius 1 is 1.12 bits per heavy atom. The molecule has 0 bridgehead atoms. The van der Waals surface area contributed by atoms with E-state index in [2.05, 4.69) is 20.3 Å². The molecule has 2 aliphatic heterocycles. The Morgan fingerprint density at radius 2 is 1.94 bits per heavy atom. The van der Waals surface area contributed by atoms with E-state index >= 15 is 0 Å². The number of hydrogen-bond acceptors (Lipinski definition) is 5. The number of aromatic nitrogens is 3. The van der Waals surface area contributed by atoms with Gasteiger partial charge in [0.05, 0.1) is 5.92 Å². The number of fused-ring (bicyclic) bond motifs is 1. The zero-order valence-electron chi connectivity index (χ0n) is 18.9. The maximum atomic E-state index is 13.2. The van der Waals surface area contributed by atoms with Crippen LogP contribution in [0.4, 0.5) is 0 Å². The quantitative estimate of drug-likeness (QED) is 0.792. The summed E-state index contributed by atoms with van der Waals surface area (Å²) in [5, 5.41) is 7.56. The van der Waals surface area contributed by atoms with E-state index in [4.69, 9.17) is 0 Å². The lowest BCUT2D eigenvalue weighted by molar-refractivity contribution is -0.129. The van der Waals surface area contributed by atoms with Crippen molar-refractivity contribution in [1.82, 2.24) is 29.9 Å². The van der Waals surface area contributed by atoms with Crippen molar-refractivity contribution in [2.24, 2.45) is 5.92 Å². The summed E-state index contributed by atoms with van der Waals surface area (Å²) in [6.45, 7) is 6.27. The second kappa shape index (κ2) is 10.7. The van der Waals surface area contributed by atoms with Gasteiger partial charge in [-0.15, -0.1) is 0 Å². The molecule has 2 aliphatic rings. The van der Waals surface area contributed by atoms with Gasteiger partial charge >= 0.3 is 0 Å². The number of carbonyl (C=O) groups excluding carboxylic acids is 2. The van der Waals surface area contributed by atoms with E-state index in [-0.39, 0.29) is 23.8 Å². The Labute approximate surface area is 190 Å². The van der Waals surface area contributed by atoms with Crippen molar-refractivity contribution in [1.29, 1.82) is 0 Å². The van der Waals surface area contributed by atoms with Gasteiger partial charge in [0.15, 0.2) is 0 Å². The number of rotatable bonds is 4. The van der Waals surface area contributed by atoms with Crippen molar-refractivity contribution in [2.75, 3.05) is 26.2 Å². The van der Waals surface area contributed by atoms with Crippen molar-refractivity contribution in [3.8, 4) is 0 Å². The lowest BCUT2D eigenvalue weighted by atomic mass is 9.88. The molecule has 1 N–H and O–H groups in total. The highest BCUT2D eigenvalue weighted by molar-refractivity contribution is 5.92. The minimum atomic E-state index is -0.118. The van der Waals surface area contributed by atoms with Crippen LogP contribution in [0.3, 0.4) is 0 Å². The molecule has 8 heteroatoms. The van der Waals surface area contributed by atoms with Gasteiger partial charge in [0.1, 0.15) is 5.69 Å². The van der Waals surface area contributed by atoms with Gasteiger partial charge in [0, 0.05) is 57.4 Å². The lowest BCUT2D eigenvalue weighted by Crippen LogP contribution is -2.57. The first-order chi connectivity index (χ1) is 15.7. The molecule has 0 aromatic carbocycles. The maximum Gasteiger partial charge on any atom is 0.274 e. The van der Waals surface area contributed by atoms with Crippen LogP contribution >= 0.6 is 0 Å². The summed E-state index contributed by atoms with van der Waals surface area (Å²) in [7, 11) is 0. The number of amides is 2. The number of pyridine rings is 1. The number of nitrogens with zero attached hydrogens (tertiary/aromatic N) is 5. The number of piperidine rings is 1. The first-order valence-corrected chi connectivity index (χ1v) is 11.9. The Kier molecular flexibility index (Phi) is 7.52. The van der Waals surface area contributed by atoms with Crippen LogP contribution in [0.5, 0.6) is 0 Å². The fourth-order valence-corrected chi connectivity index (χ4v) is 4.83. The monoisotopic (exact) mass is 438 g/mol. The smallest absolute Gasteiger partial charge is 0.274 e. The third kappa shape index (κ3) is 5.35. The van der Waals surface area contributed by atoms with Crippen molar-refractivity contribution < 1.29 is 9.59 Å². The van der Waals surface area contributed by atoms with E-state index in [1.807, 2.05) is 42.5 Å². The van der Waals surface area contributed by atoms with Crippen molar-refractivity contribution in [3.63, 3.8) is 0 Å². The summed E-state index contributed by atoms with van der Waals surface area (Å²) in [6.07, 6.45) is 10.5. The maximum absolute atomic E-state index is 13.2. The largest absolute Gasteiger partial charge is 0.356 e. The van der Waals surface area contributed by atoms with E-state index < -0.39 is 0 Å². The van der Waals surface area contributed by atoms with Crippen LogP contribution in [0, 0.1) is 5.92 Å². The summed E-state index contributed by atoms with van der Waals surface area (Å²) < 4.78 is 1.77. The average molecular weight is 439 g/mol. The first kappa shape index (κ1) is 22.5. The molecule has 172 valence electrons. The molecule has 2 fully saturated rings. The first-order valence-electron chi connectivity index (χ1n) is 11.9. The van der Waals surface area contributed by atoms with Crippen LogP contribution in [-0.2, 0) is 17.9 Å². The molecule has 0 aliphatic carbocycles. The van der Waals surface area contributed by atoms with Gasteiger partial charge in [0.25, 0.3) is 5.91 Å². The van der Waals surface area contributed by atoms with Crippen molar-refractivity contribution in [3.05, 3.63) is 48.0 Å². The van der Waals surface area contributed by atoms with Crippen molar-refractivity contribution >= 4 is 11.8 Å². The molecule has 2 atom stereocenters. The van der Waals surface area contributed by atoms with Gasteiger partial charge in [-0.3, -0.25) is 24.2 Å². The normalized spacial score (nSPS) is 23.2. The molecule has 4 heterocycles. The minimum absolute atomic E-state index is 0.0211. The lowest BCUT2D eigenvalue weighted by Gasteiger charge is -2.43. The second-order valence-electron chi connectivity index (χ2n) is 8.80. The molecule has 2 aromatic heterocycles. The summed E-state index contributed by atoms with van der Waals surface area (Å²) in [5.74, 6) is -0.0413. The molecular formula is C24H34N6O2. The third-order valence-corrected chi connectivity index (χ3v) is 6.67. The van der Waals surface area contributed by atoms with Crippen LogP contribution in [0.1, 0.15) is 55.1 Å². The van der Waals surface area contributed by atoms with Crippen LogP contribution in [0.15, 0.2) is 36.8 Å². The summed E-state index contributed by atoms with van der Waals surface area (Å²) in [4.78, 5) is 34.7. The van der Waals surface area contributed by atoms with Gasteiger partial charge in [-0.2, -0.15) is 5.10 Å². The molecule has 4 rings (SSSR count). The van der Waals surface area contributed by atoms with E-state index in [1.165, 1.54) is 5.56 Å². The molecule has 0 spiro atoms. The summed E-state index contributed by atoms with van der Waals surface area (Å²) in [5.41, 5.74) is 1.66. The average Bonchev–Trinajstić information content (AvgIpc) is 3.30. The zero-order chi connectivity index (χ0) is 22.3. The van der Waals surface area contributed by atoms with Crippen LogP contribution in [0.2, 0.25) is 0 Å². The number of aryl methyl sites for hydroxylation is 1. The van der Waals surface area contributed by atoms with Gasteiger partial charge in [0.2, 0.25) is 5.91 Å². The molecule has 0 saturated carbocycles. The highest BCUT2D eigenvalue weighted by atomic mass is 16.2. The summed E-state index contributed by atoms with van der Waals surface area (Å²) in [6, 6.07) is 5.83. The topological polar surface area (TPSA) is 83.4 Å². The van der Waals surface area contributed by atoms with E-state index in [0.29, 0.717) is 25.2 Å². The number of hydrogen-bond donors (Lipinski definition) is 1. The predicted molar refractivity (Wildman–Crippen MR) is 122 cm³/mol. The van der Waals surface area contributed by atoms with Crippen LogP contribution in [-0.4, -0.2) is 68.6 Å². The molecular weight excluding hydrogens is 404 g/mol. The van der Waals surface area contributed by atoms with Gasteiger partial charge in [-0.1, -0.05) is 12.8 Å². The van der Waals surface area contributed by atoms with Gasteiger partial charge in [-0.25, -0.2) is 0 Å². The molecule has 0 radical (unpaired) electrons. The standard InChI is InChI=1S/C24H34N6O2/c1-2-30-16-10-21(27-30)24(32)29-15-9-20-22(18-29)28(17-19-7-12-25-13-8-19)14-6-4-3-5-11-26-23(20)31/h7-8,10,12-13,16,20,22H,2-6,9,11,14-15,17-18H2,1H3,(H,26,31). The number of likely N-dealkylation sites (tertiary alicyclic amines) is 1. The molecule has 2 amide bonds. The molecule has 2 aromatic rings. The van der Waals surface area contributed by atoms with Crippen molar-refractivity contribution in [2.45, 2.75) is 58.2 Å². The van der Waals surface area contributed by atoms with Crippen LogP contribution < -0.4 is 5.32 Å². The zero-order valence-corrected chi connectivity index (χ0v) is 18.9. The Balaban J connectivity index is 1.58. The fourth-order valence-electron chi connectivity index (χ4n) is 4.83. The van der Waals surface area contributed by atoms with Crippen LogP contribution in [0.25, 0.3) is 0 Å². The Bertz CT molecular complexity index is 899. The predicted octanol–water partition coefficient (Wildman–Crippen LogP) is 2.32. The fraction of sp³-hybridized carbons (Fsp3) is 0.583. The van der Waals surface area contributed by atoms with E-state index in [9.17, 15) is 9.59 Å². The molecule has 2 unspecified atom stereocenters. The molecule has 8 nitrogen and oxygen atoms in total. The third-order valence-electron chi connectivity index (χ3n) is 6.67. The highest BCUT2D eigenvalue weighted by Gasteiger charge is 2.39. The minimum Gasteiger partial charge on any atom is -0.356 e. The van der Waals surface area contributed by atoms with Gasteiger partial charge in [-0.05, 0) is 56.5 Å². The number of nitrogens with one attached hydrogen (secondary N) is 1. The van der Waals surface area contributed by atoms with E-state index in [1.54, 1.807) is 10.7 Å². The molecule has 32 heavy (non-hydrogen) atoms. The molecule has 2 saturated heterocycles. The highest BCUT2D eigenvalue weighted by Crippen LogP contribution is 2.26. The Hall–Kier alpha value is -2.74. The van der Waals surface area contributed by atoms with Gasteiger partial charge < -0.3 is 10.2 Å². The second-order valence-corrected chi connectivity index (χ2v) is 8.80. The summed E-state index contributed by atoms with van der Waals surface area (Å²) >= 11 is 0. The SMILES string of the molecule is CCn1ccc(C(=O)N2CCC3C(=O)NCCCCCCN(Cc4ccncc4)C3C2)n1. The number of carbonyl (C=O) groups is 2.